The Kier molecular flexibility index (Phi) is 7.61. The van der Waals surface area contributed by atoms with E-state index in [1.165, 1.54) is 4.90 Å². The number of halogens is 1. The zero-order valence-electron chi connectivity index (χ0n) is 16.9. The minimum absolute atomic E-state index is 0.0217. The molecule has 0 radical (unpaired) electrons. The molecular weight excluding hydrogens is 392 g/mol. The number of quaternary nitrogens is 1. The van der Waals surface area contributed by atoms with Crippen LogP contribution in [-0.4, -0.2) is 46.4 Å². The molecule has 0 spiro atoms. The van der Waals surface area contributed by atoms with Crippen molar-refractivity contribution in [2.75, 3.05) is 40.5 Å². The standard InChI is InChI=1S/C22H27ClN2O4/c1-27-18-9-10-21(28-2)19(14-18)20-4-3-12-25(20)15-22(26)24-11-13-29-17-7-5-16(23)6-8-17/h5-10,14,20H,3-4,11-13,15H2,1-2H3,(H,24,26)/p+1/t20-/m1/s1. The van der Waals surface area contributed by atoms with Crippen molar-refractivity contribution in [3.63, 3.8) is 0 Å². The fourth-order valence-electron chi connectivity index (χ4n) is 3.77. The third-order valence-electron chi connectivity index (χ3n) is 5.19. The van der Waals surface area contributed by atoms with E-state index in [0.29, 0.717) is 24.7 Å². The molecular formula is C22H28ClN2O4+. The molecule has 156 valence electrons. The molecule has 0 aliphatic carbocycles. The summed E-state index contributed by atoms with van der Waals surface area (Å²) in [6.07, 6.45) is 2.10. The molecule has 0 aromatic heterocycles. The second-order valence-corrected chi connectivity index (χ2v) is 7.48. The van der Waals surface area contributed by atoms with Crippen LogP contribution in [0.1, 0.15) is 24.4 Å². The van der Waals surface area contributed by atoms with Crippen LogP contribution in [0, 0.1) is 0 Å². The molecule has 7 heteroatoms. The second kappa shape index (κ2) is 10.4. The molecule has 1 unspecified atom stereocenters. The number of carbonyl (C=O) groups is 1. The zero-order valence-corrected chi connectivity index (χ0v) is 17.6. The lowest BCUT2D eigenvalue weighted by atomic mass is 10.0. The molecule has 1 aliphatic heterocycles. The molecule has 2 aromatic rings. The highest BCUT2D eigenvalue weighted by Crippen LogP contribution is 2.31. The molecule has 0 bridgehead atoms. The molecule has 3 rings (SSSR count). The highest BCUT2D eigenvalue weighted by atomic mass is 35.5. The molecule has 2 N–H and O–H groups in total. The number of rotatable bonds is 9. The molecule has 1 heterocycles. The number of methoxy groups -OCH3 is 2. The van der Waals surface area contributed by atoms with E-state index < -0.39 is 0 Å². The number of hydrogen-bond acceptors (Lipinski definition) is 4. The molecule has 1 aliphatic rings. The van der Waals surface area contributed by atoms with Crippen LogP contribution in [0.2, 0.25) is 5.02 Å². The van der Waals surface area contributed by atoms with Gasteiger partial charge in [0, 0.05) is 17.9 Å². The first-order chi connectivity index (χ1) is 14.1. The number of ether oxygens (including phenoxy) is 3. The summed E-state index contributed by atoms with van der Waals surface area (Å²) in [5, 5.41) is 3.62. The summed E-state index contributed by atoms with van der Waals surface area (Å²) in [6.45, 7) is 2.25. The Balaban J connectivity index is 1.51. The Hall–Kier alpha value is -2.44. The predicted molar refractivity (Wildman–Crippen MR) is 112 cm³/mol. The number of nitrogens with one attached hydrogen (secondary N) is 2. The summed E-state index contributed by atoms with van der Waals surface area (Å²) in [5.74, 6) is 2.40. The van der Waals surface area contributed by atoms with Gasteiger partial charge in [0.05, 0.1) is 32.9 Å². The van der Waals surface area contributed by atoms with E-state index in [-0.39, 0.29) is 11.9 Å². The van der Waals surface area contributed by atoms with Crippen molar-refractivity contribution < 1.29 is 23.9 Å². The highest BCUT2D eigenvalue weighted by Gasteiger charge is 2.33. The Morgan fingerprint density at radius 1 is 1.14 bits per heavy atom. The van der Waals surface area contributed by atoms with Gasteiger partial charge in [-0.25, -0.2) is 0 Å². The quantitative estimate of drug-likeness (QED) is 0.612. The number of carbonyl (C=O) groups excluding carboxylic acids is 1. The fourth-order valence-corrected chi connectivity index (χ4v) is 3.90. The predicted octanol–water partition coefficient (Wildman–Crippen LogP) is 2.27. The van der Waals surface area contributed by atoms with Crippen LogP contribution < -0.4 is 24.4 Å². The lowest BCUT2D eigenvalue weighted by Crippen LogP contribution is -3.11. The molecule has 29 heavy (non-hydrogen) atoms. The zero-order chi connectivity index (χ0) is 20.6. The summed E-state index contributed by atoms with van der Waals surface area (Å²) in [7, 11) is 3.33. The van der Waals surface area contributed by atoms with Crippen LogP contribution in [-0.2, 0) is 4.79 Å². The summed E-state index contributed by atoms with van der Waals surface area (Å²) in [5.41, 5.74) is 1.10. The van der Waals surface area contributed by atoms with Crippen molar-refractivity contribution in [3.8, 4) is 17.2 Å². The minimum atomic E-state index is 0.0217. The van der Waals surface area contributed by atoms with Crippen molar-refractivity contribution in [1.82, 2.24) is 5.32 Å². The third kappa shape index (κ3) is 5.78. The normalized spacial score (nSPS) is 18.3. The number of benzene rings is 2. The first kappa shape index (κ1) is 21.3. The monoisotopic (exact) mass is 419 g/mol. The molecule has 2 atom stereocenters. The van der Waals surface area contributed by atoms with Gasteiger partial charge in [-0.05, 0) is 42.5 Å². The van der Waals surface area contributed by atoms with Crippen LogP contribution >= 0.6 is 11.6 Å². The lowest BCUT2D eigenvalue weighted by Gasteiger charge is -2.23. The van der Waals surface area contributed by atoms with Gasteiger partial charge >= 0.3 is 0 Å². The van der Waals surface area contributed by atoms with Crippen molar-refractivity contribution in [3.05, 3.63) is 53.1 Å². The number of likely N-dealkylation sites (tertiary alicyclic amines) is 1. The third-order valence-corrected chi connectivity index (χ3v) is 5.44. The van der Waals surface area contributed by atoms with Gasteiger partial charge in [0.25, 0.3) is 5.91 Å². The summed E-state index contributed by atoms with van der Waals surface area (Å²) < 4.78 is 16.5. The van der Waals surface area contributed by atoms with E-state index in [0.717, 1.165) is 42.2 Å². The SMILES string of the molecule is COc1ccc(OC)c([C@H]2CCC[NH+]2CC(=O)NCCOc2ccc(Cl)cc2)c1. The van der Waals surface area contributed by atoms with E-state index in [1.54, 1.807) is 26.4 Å². The van der Waals surface area contributed by atoms with Gasteiger partial charge in [-0.1, -0.05) is 11.6 Å². The summed E-state index contributed by atoms with van der Waals surface area (Å²) in [4.78, 5) is 13.7. The molecule has 0 saturated carbocycles. The average molecular weight is 420 g/mol. The topological polar surface area (TPSA) is 61.2 Å². The van der Waals surface area contributed by atoms with Gasteiger partial charge in [-0.15, -0.1) is 0 Å². The largest absolute Gasteiger partial charge is 0.497 e. The van der Waals surface area contributed by atoms with Crippen LogP contribution in [0.5, 0.6) is 17.2 Å². The fraction of sp³-hybridized carbons (Fsp3) is 0.409. The van der Waals surface area contributed by atoms with Gasteiger partial charge in [-0.2, -0.15) is 0 Å². The maximum absolute atomic E-state index is 12.4. The van der Waals surface area contributed by atoms with E-state index >= 15 is 0 Å². The van der Waals surface area contributed by atoms with Crippen molar-refractivity contribution in [2.45, 2.75) is 18.9 Å². The van der Waals surface area contributed by atoms with Gasteiger partial charge in [0.15, 0.2) is 6.54 Å². The van der Waals surface area contributed by atoms with Gasteiger partial charge in [0.2, 0.25) is 0 Å². The molecule has 1 saturated heterocycles. The first-order valence-corrected chi connectivity index (χ1v) is 10.2. The van der Waals surface area contributed by atoms with Crippen LogP contribution in [0.25, 0.3) is 0 Å². The lowest BCUT2D eigenvalue weighted by molar-refractivity contribution is -0.910. The summed E-state index contributed by atoms with van der Waals surface area (Å²) >= 11 is 5.86. The minimum Gasteiger partial charge on any atom is -0.497 e. The Labute approximate surface area is 176 Å². The molecule has 1 amide bonds. The summed E-state index contributed by atoms with van der Waals surface area (Å²) in [6, 6.07) is 13.2. The molecule has 1 fully saturated rings. The first-order valence-electron chi connectivity index (χ1n) is 9.82. The van der Waals surface area contributed by atoms with Gasteiger partial charge in [-0.3, -0.25) is 4.79 Å². The second-order valence-electron chi connectivity index (χ2n) is 7.04. The van der Waals surface area contributed by atoms with Gasteiger partial charge in [0.1, 0.15) is 29.9 Å². The van der Waals surface area contributed by atoms with E-state index in [2.05, 4.69) is 5.32 Å². The molecule has 6 nitrogen and oxygen atoms in total. The Morgan fingerprint density at radius 2 is 1.90 bits per heavy atom. The van der Waals surface area contributed by atoms with E-state index in [1.807, 2.05) is 30.3 Å². The van der Waals surface area contributed by atoms with Crippen LogP contribution in [0.3, 0.4) is 0 Å². The van der Waals surface area contributed by atoms with Crippen molar-refractivity contribution in [1.29, 1.82) is 0 Å². The van der Waals surface area contributed by atoms with Crippen LogP contribution in [0.15, 0.2) is 42.5 Å². The number of hydrogen-bond donors (Lipinski definition) is 2. The maximum Gasteiger partial charge on any atom is 0.275 e. The van der Waals surface area contributed by atoms with E-state index in [4.69, 9.17) is 25.8 Å². The van der Waals surface area contributed by atoms with Crippen molar-refractivity contribution in [2.24, 2.45) is 0 Å². The Bertz CT molecular complexity index is 813. The Morgan fingerprint density at radius 3 is 2.62 bits per heavy atom. The highest BCUT2D eigenvalue weighted by molar-refractivity contribution is 6.30. The smallest absolute Gasteiger partial charge is 0.275 e. The average Bonchev–Trinajstić information content (AvgIpc) is 3.19. The number of amides is 1. The van der Waals surface area contributed by atoms with E-state index in [9.17, 15) is 4.79 Å². The van der Waals surface area contributed by atoms with Crippen LogP contribution in [0.4, 0.5) is 0 Å². The van der Waals surface area contributed by atoms with Crippen molar-refractivity contribution >= 4 is 17.5 Å². The maximum atomic E-state index is 12.4. The van der Waals surface area contributed by atoms with Gasteiger partial charge < -0.3 is 24.4 Å². The molecule has 2 aromatic carbocycles.